The molecule has 1 N–H and O–H groups in total. The van der Waals surface area contributed by atoms with E-state index in [4.69, 9.17) is 0 Å². The zero-order valence-electron chi connectivity index (χ0n) is 10.4. The third-order valence-electron chi connectivity index (χ3n) is 2.62. The fourth-order valence-electron chi connectivity index (χ4n) is 1.78. The molecule has 94 valence electrons. The molecular formula is C14H16BrN3. The maximum Gasteiger partial charge on any atom is 0.203 e. The SMILES string of the molecule is C=CCn1cc(C)nc1NCc1ccccc1Br. The van der Waals surface area contributed by atoms with E-state index in [1.807, 2.05) is 37.4 Å². The fourth-order valence-corrected chi connectivity index (χ4v) is 2.21. The van der Waals surface area contributed by atoms with Crippen LogP contribution in [-0.4, -0.2) is 9.55 Å². The molecule has 1 heterocycles. The van der Waals surface area contributed by atoms with Crippen LogP contribution >= 0.6 is 15.9 Å². The summed E-state index contributed by atoms with van der Waals surface area (Å²) >= 11 is 3.54. The molecule has 0 amide bonds. The third-order valence-corrected chi connectivity index (χ3v) is 3.39. The van der Waals surface area contributed by atoms with Gasteiger partial charge in [0.15, 0.2) is 0 Å². The van der Waals surface area contributed by atoms with Crippen molar-refractivity contribution in [1.29, 1.82) is 0 Å². The Bertz CT molecular complexity index is 546. The summed E-state index contributed by atoms with van der Waals surface area (Å²) in [5.74, 6) is 0.878. The first-order chi connectivity index (χ1) is 8.70. The van der Waals surface area contributed by atoms with Crippen LogP contribution in [-0.2, 0) is 13.1 Å². The average molecular weight is 306 g/mol. The molecule has 0 fully saturated rings. The maximum absolute atomic E-state index is 4.46. The second-order valence-corrected chi connectivity index (χ2v) is 4.95. The summed E-state index contributed by atoms with van der Waals surface area (Å²) in [6.45, 7) is 7.25. The van der Waals surface area contributed by atoms with Gasteiger partial charge in [-0.1, -0.05) is 40.2 Å². The Morgan fingerprint density at radius 2 is 2.22 bits per heavy atom. The standard InChI is InChI=1S/C14H16BrN3/c1-3-8-18-10-11(2)17-14(18)16-9-12-6-4-5-7-13(12)15/h3-7,10H,1,8-9H2,2H3,(H,16,17). The molecule has 0 saturated carbocycles. The number of anilines is 1. The van der Waals surface area contributed by atoms with Gasteiger partial charge in [-0.15, -0.1) is 6.58 Å². The highest BCUT2D eigenvalue weighted by atomic mass is 79.9. The van der Waals surface area contributed by atoms with Crippen LogP contribution in [0.15, 0.2) is 47.6 Å². The van der Waals surface area contributed by atoms with Crippen molar-refractivity contribution in [2.45, 2.75) is 20.0 Å². The summed E-state index contributed by atoms with van der Waals surface area (Å²) in [4.78, 5) is 4.46. The molecule has 0 saturated heterocycles. The molecule has 0 radical (unpaired) electrons. The highest BCUT2D eigenvalue weighted by Crippen LogP contribution is 2.17. The number of nitrogens with one attached hydrogen (secondary N) is 1. The summed E-state index contributed by atoms with van der Waals surface area (Å²) in [5.41, 5.74) is 2.22. The third kappa shape index (κ3) is 3.01. The summed E-state index contributed by atoms with van der Waals surface area (Å²) in [7, 11) is 0. The van der Waals surface area contributed by atoms with E-state index in [-0.39, 0.29) is 0 Å². The quantitative estimate of drug-likeness (QED) is 0.853. The van der Waals surface area contributed by atoms with E-state index in [0.717, 1.165) is 29.2 Å². The largest absolute Gasteiger partial charge is 0.352 e. The second kappa shape index (κ2) is 5.87. The lowest BCUT2D eigenvalue weighted by Crippen LogP contribution is -2.07. The molecule has 3 nitrogen and oxygen atoms in total. The first-order valence-electron chi connectivity index (χ1n) is 5.82. The number of halogens is 1. The van der Waals surface area contributed by atoms with Crippen LogP contribution in [0.2, 0.25) is 0 Å². The molecule has 0 aliphatic heterocycles. The monoisotopic (exact) mass is 305 g/mol. The van der Waals surface area contributed by atoms with Crippen molar-refractivity contribution >= 4 is 21.9 Å². The zero-order valence-corrected chi connectivity index (χ0v) is 11.9. The van der Waals surface area contributed by atoms with Gasteiger partial charge in [-0.25, -0.2) is 4.98 Å². The first-order valence-corrected chi connectivity index (χ1v) is 6.62. The van der Waals surface area contributed by atoms with Gasteiger partial charge in [0, 0.05) is 23.8 Å². The highest BCUT2D eigenvalue weighted by molar-refractivity contribution is 9.10. The molecule has 0 atom stereocenters. The van der Waals surface area contributed by atoms with Crippen LogP contribution in [0, 0.1) is 6.92 Å². The predicted octanol–water partition coefficient (Wildman–Crippen LogP) is 3.75. The van der Waals surface area contributed by atoms with Gasteiger partial charge in [0.2, 0.25) is 5.95 Å². The molecule has 2 aromatic rings. The summed E-state index contributed by atoms with van der Waals surface area (Å²) in [6.07, 6.45) is 3.88. The smallest absolute Gasteiger partial charge is 0.203 e. The van der Waals surface area contributed by atoms with Crippen LogP contribution in [0.25, 0.3) is 0 Å². The van der Waals surface area contributed by atoms with Gasteiger partial charge in [0.05, 0.1) is 5.69 Å². The van der Waals surface area contributed by atoms with E-state index in [0.29, 0.717) is 0 Å². The molecule has 2 rings (SSSR count). The molecule has 0 aliphatic carbocycles. The van der Waals surface area contributed by atoms with E-state index >= 15 is 0 Å². The lowest BCUT2D eigenvalue weighted by molar-refractivity contribution is 0.819. The van der Waals surface area contributed by atoms with Gasteiger partial charge in [-0.2, -0.15) is 0 Å². The minimum absolute atomic E-state index is 0.745. The molecular weight excluding hydrogens is 290 g/mol. The highest BCUT2D eigenvalue weighted by Gasteiger charge is 2.05. The topological polar surface area (TPSA) is 29.9 Å². The van der Waals surface area contributed by atoms with Crippen molar-refractivity contribution < 1.29 is 0 Å². The normalized spacial score (nSPS) is 10.3. The Morgan fingerprint density at radius 1 is 1.44 bits per heavy atom. The molecule has 4 heteroatoms. The van der Waals surface area contributed by atoms with Crippen LogP contribution in [0.1, 0.15) is 11.3 Å². The minimum Gasteiger partial charge on any atom is -0.352 e. The number of allylic oxidation sites excluding steroid dienone is 1. The van der Waals surface area contributed by atoms with E-state index in [1.54, 1.807) is 0 Å². The lowest BCUT2D eigenvalue weighted by Gasteiger charge is -2.09. The number of imidazole rings is 1. The molecule has 18 heavy (non-hydrogen) atoms. The van der Waals surface area contributed by atoms with Gasteiger partial charge in [0.1, 0.15) is 0 Å². The summed E-state index contributed by atoms with van der Waals surface area (Å²) in [6, 6.07) is 8.17. The lowest BCUT2D eigenvalue weighted by atomic mass is 10.2. The fraction of sp³-hybridized carbons (Fsp3) is 0.214. The predicted molar refractivity (Wildman–Crippen MR) is 78.6 cm³/mol. The number of benzene rings is 1. The second-order valence-electron chi connectivity index (χ2n) is 4.09. The van der Waals surface area contributed by atoms with Gasteiger partial charge < -0.3 is 9.88 Å². The number of hydrogen-bond acceptors (Lipinski definition) is 2. The number of aryl methyl sites for hydroxylation is 1. The van der Waals surface area contributed by atoms with Gasteiger partial charge >= 0.3 is 0 Å². The molecule has 1 aromatic heterocycles. The van der Waals surface area contributed by atoms with Crippen LogP contribution in [0.4, 0.5) is 5.95 Å². The Kier molecular flexibility index (Phi) is 4.20. The van der Waals surface area contributed by atoms with Crippen LogP contribution < -0.4 is 5.32 Å². The van der Waals surface area contributed by atoms with Crippen LogP contribution in [0.3, 0.4) is 0 Å². The molecule has 0 bridgehead atoms. The van der Waals surface area contributed by atoms with Crippen LogP contribution in [0.5, 0.6) is 0 Å². The van der Waals surface area contributed by atoms with Crippen molar-refractivity contribution in [3.8, 4) is 0 Å². The Morgan fingerprint density at radius 3 is 2.94 bits per heavy atom. The summed E-state index contributed by atoms with van der Waals surface area (Å²) in [5, 5.41) is 3.35. The van der Waals surface area contributed by atoms with Crippen molar-refractivity contribution in [2.24, 2.45) is 0 Å². The maximum atomic E-state index is 4.46. The number of hydrogen-bond donors (Lipinski definition) is 1. The molecule has 1 aromatic carbocycles. The molecule has 0 aliphatic rings. The molecule has 0 unspecified atom stereocenters. The van der Waals surface area contributed by atoms with Crippen molar-refractivity contribution in [2.75, 3.05) is 5.32 Å². The minimum atomic E-state index is 0.745. The van der Waals surface area contributed by atoms with Crippen molar-refractivity contribution in [3.05, 3.63) is 58.8 Å². The van der Waals surface area contributed by atoms with E-state index in [2.05, 4.69) is 43.4 Å². The van der Waals surface area contributed by atoms with E-state index in [9.17, 15) is 0 Å². The van der Waals surface area contributed by atoms with Crippen molar-refractivity contribution in [3.63, 3.8) is 0 Å². The summed E-state index contributed by atoms with van der Waals surface area (Å²) < 4.78 is 3.16. The number of aromatic nitrogens is 2. The van der Waals surface area contributed by atoms with Gasteiger partial charge in [0.25, 0.3) is 0 Å². The number of nitrogens with zero attached hydrogens (tertiary/aromatic N) is 2. The molecule has 0 spiro atoms. The van der Waals surface area contributed by atoms with E-state index in [1.165, 1.54) is 5.56 Å². The zero-order chi connectivity index (χ0) is 13.0. The Balaban J connectivity index is 2.10. The Hall–Kier alpha value is -1.55. The van der Waals surface area contributed by atoms with Gasteiger partial charge in [-0.05, 0) is 18.6 Å². The van der Waals surface area contributed by atoms with Gasteiger partial charge in [-0.3, -0.25) is 0 Å². The Labute approximate surface area is 116 Å². The first kappa shape index (κ1) is 12.9. The van der Waals surface area contributed by atoms with E-state index < -0.39 is 0 Å². The average Bonchev–Trinajstić information content (AvgIpc) is 2.69. The number of rotatable bonds is 5. The van der Waals surface area contributed by atoms with Crippen molar-refractivity contribution in [1.82, 2.24) is 9.55 Å².